The molecule has 6 nitrogen and oxygen atoms in total. The van der Waals surface area contributed by atoms with E-state index in [-0.39, 0.29) is 16.5 Å². The maximum Gasteiger partial charge on any atom is 0.337 e. The van der Waals surface area contributed by atoms with Gasteiger partial charge in [0.15, 0.2) is 0 Å². The van der Waals surface area contributed by atoms with E-state index in [1.54, 1.807) is 11.7 Å². The van der Waals surface area contributed by atoms with Gasteiger partial charge >= 0.3 is 5.97 Å². The Kier molecular flexibility index (Phi) is 6.29. The molecule has 0 aliphatic carbocycles. The summed E-state index contributed by atoms with van der Waals surface area (Å²) < 4.78 is 6.71. The summed E-state index contributed by atoms with van der Waals surface area (Å²) in [5.74, 6) is -0.419. The molecule has 0 aliphatic heterocycles. The number of aromatic carboxylic acids is 1. The Hall–Kier alpha value is -1.73. The molecule has 0 radical (unpaired) electrons. The van der Waals surface area contributed by atoms with Gasteiger partial charge in [-0.15, -0.1) is 11.3 Å². The molecular weight excluding hydrogens is 316 g/mol. The Morgan fingerprint density at radius 1 is 1.39 bits per heavy atom. The molecule has 0 saturated heterocycles. The largest absolute Gasteiger partial charge is 0.478 e. The Morgan fingerprint density at radius 3 is 2.83 bits per heavy atom. The Labute approximate surface area is 138 Å². The minimum absolute atomic E-state index is 0.0445. The molecule has 1 N–H and O–H groups in total. The van der Waals surface area contributed by atoms with Crippen LogP contribution >= 0.6 is 11.3 Å². The lowest BCUT2D eigenvalue weighted by Gasteiger charge is -2.12. The topological polar surface area (TPSA) is 81.4 Å². The van der Waals surface area contributed by atoms with E-state index in [1.807, 2.05) is 0 Å². The van der Waals surface area contributed by atoms with E-state index >= 15 is 0 Å². The van der Waals surface area contributed by atoms with E-state index in [2.05, 4.69) is 11.9 Å². The Bertz CT molecular complexity index is 735. The second-order valence-corrected chi connectivity index (χ2v) is 6.28. The molecule has 0 spiro atoms. The first-order chi connectivity index (χ1) is 11.1. The fraction of sp³-hybridized carbons (Fsp3) is 0.562. The minimum Gasteiger partial charge on any atom is -0.478 e. The third-order valence-electron chi connectivity index (χ3n) is 3.77. The molecule has 0 saturated carbocycles. The van der Waals surface area contributed by atoms with Crippen LogP contribution in [0.3, 0.4) is 0 Å². The second kappa shape index (κ2) is 8.21. The molecule has 0 amide bonds. The summed E-state index contributed by atoms with van der Waals surface area (Å²) in [6, 6.07) is 0. The molecule has 2 rings (SSSR count). The second-order valence-electron chi connectivity index (χ2n) is 5.42. The number of carboxylic acid groups (broad SMARTS) is 1. The van der Waals surface area contributed by atoms with Crippen molar-refractivity contribution in [2.24, 2.45) is 0 Å². The van der Waals surface area contributed by atoms with E-state index in [0.29, 0.717) is 30.2 Å². The number of methoxy groups -OCH3 is 1. The summed E-state index contributed by atoms with van der Waals surface area (Å²) in [6.07, 6.45) is 4.70. The van der Waals surface area contributed by atoms with Crippen LogP contribution in [0.25, 0.3) is 10.2 Å². The van der Waals surface area contributed by atoms with Crippen LogP contribution in [0.2, 0.25) is 0 Å². The van der Waals surface area contributed by atoms with Crippen molar-refractivity contribution in [2.75, 3.05) is 13.7 Å². The van der Waals surface area contributed by atoms with Crippen LogP contribution in [0.5, 0.6) is 0 Å². The number of thiophene rings is 1. The molecule has 126 valence electrons. The number of hydrogen-bond donors (Lipinski definition) is 1. The van der Waals surface area contributed by atoms with Gasteiger partial charge in [-0.2, -0.15) is 0 Å². The Balaban J connectivity index is 2.45. The number of rotatable bonds is 9. The molecule has 0 atom stereocenters. The third-order valence-corrected chi connectivity index (χ3v) is 4.64. The summed E-state index contributed by atoms with van der Waals surface area (Å²) in [5, 5.41) is 11.0. The molecule has 0 fully saturated rings. The molecule has 2 heterocycles. The van der Waals surface area contributed by atoms with E-state index in [0.717, 1.165) is 25.7 Å². The van der Waals surface area contributed by atoms with Gasteiger partial charge in [0.25, 0.3) is 5.56 Å². The van der Waals surface area contributed by atoms with Crippen LogP contribution in [0, 0.1) is 0 Å². The number of carboxylic acids is 1. The smallest absolute Gasteiger partial charge is 0.337 e. The quantitative estimate of drug-likeness (QED) is 0.711. The summed E-state index contributed by atoms with van der Waals surface area (Å²) in [6.45, 7) is 3.17. The number of unbranched alkanes of at least 4 members (excludes halogenated alkanes) is 3. The molecular formula is C16H22N2O4S. The van der Waals surface area contributed by atoms with Crippen molar-refractivity contribution in [3.63, 3.8) is 0 Å². The normalized spacial score (nSPS) is 11.2. The molecule has 0 aromatic carbocycles. The number of nitrogens with zero attached hydrogens (tertiary/aromatic N) is 2. The maximum absolute atomic E-state index is 12.8. The van der Waals surface area contributed by atoms with Gasteiger partial charge in [-0.3, -0.25) is 9.36 Å². The molecule has 2 aromatic heterocycles. The summed E-state index contributed by atoms with van der Waals surface area (Å²) in [4.78, 5) is 29.1. The van der Waals surface area contributed by atoms with Gasteiger partial charge in [-0.05, 0) is 6.42 Å². The zero-order valence-corrected chi connectivity index (χ0v) is 14.3. The Morgan fingerprint density at radius 2 is 2.17 bits per heavy atom. The van der Waals surface area contributed by atoms with Crippen LogP contribution in [-0.2, 0) is 17.7 Å². The number of aromatic nitrogens is 2. The lowest BCUT2D eigenvalue weighted by Crippen LogP contribution is -2.26. The highest BCUT2D eigenvalue weighted by Crippen LogP contribution is 2.22. The van der Waals surface area contributed by atoms with Crippen LogP contribution in [-0.4, -0.2) is 34.3 Å². The van der Waals surface area contributed by atoms with Crippen molar-refractivity contribution in [2.45, 2.75) is 45.6 Å². The van der Waals surface area contributed by atoms with Crippen molar-refractivity contribution in [1.29, 1.82) is 0 Å². The highest BCUT2D eigenvalue weighted by atomic mass is 32.1. The lowest BCUT2D eigenvalue weighted by atomic mass is 10.2. The van der Waals surface area contributed by atoms with E-state index in [1.165, 1.54) is 16.7 Å². The molecule has 7 heteroatoms. The molecule has 0 aliphatic rings. The van der Waals surface area contributed by atoms with Crippen LogP contribution in [0.1, 0.15) is 48.8 Å². The van der Waals surface area contributed by atoms with Gasteiger partial charge in [0.05, 0.1) is 17.6 Å². The predicted octanol–water partition coefficient (Wildman–Crippen LogP) is 2.93. The van der Waals surface area contributed by atoms with Crippen molar-refractivity contribution < 1.29 is 14.6 Å². The number of hydrogen-bond acceptors (Lipinski definition) is 5. The van der Waals surface area contributed by atoms with Gasteiger partial charge in [0.2, 0.25) is 0 Å². The summed E-state index contributed by atoms with van der Waals surface area (Å²) in [7, 11) is 1.61. The molecule has 0 bridgehead atoms. The first-order valence-electron chi connectivity index (χ1n) is 7.83. The summed E-state index contributed by atoms with van der Waals surface area (Å²) in [5.41, 5.74) is -0.209. The monoisotopic (exact) mass is 338 g/mol. The fourth-order valence-electron chi connectivity index (χ4n) is 2.54. The van der Waals surface area contributed by atoms with Gasteiger partial charge in [0, 0.05) is 25.5 Å². The number of carbonyl (C=O) groups is 1. The zero-order chi connectivity index (χ0) is 16.8. The number of ether oxygens (including phenoxy) is 1. The van der Waals surface area contributed by atoms with Crippen molar-refractivity contribution in [3.8, 4) is 0 Å². The fourth-order valence-corrected chi connectivity index (χ4v) is 3.46. The standard InChI is InChI=1S/C16H22N2O4S/c1-3-4-5-6-8-18-12(7-9-22-2)17-14-13(15(18)19)11(10-23-14)16(20)21/h10H,3-9H2,1-2H3,(H,20,21). The first kappa shape index (κ1) is 17.6. The van der Waals surface area contributed by atoms with E-state index in [9.17, 15) is 14.7 Å². The van der Waals surface area contributed by atoms with Gasteiger partial charge in [-0.25, -0.2) is 9.78 Å². The van der Waals surface area contributed by atoms with Gasteiger partial charge in [-0.1, -0.05) is 26.2 Å². The summed E-state index contributed by atoms with van der Waals surface area (Å²) >= 11 is 1.20. The van der Waals surface area contributed by atoms with Crippen molar-refractivity contribution >= 4 is 27.5 Å². The predicted molar refractivity (Wildman–Crippen MR) is 90.6 cm³/mol. The van der Waals surface area contributed by atoms with E-state index < -0.39 is 5.97 Å². The first-order valence-corrected chi connectivity index (χ1v) is 8.71. The lowest BCUT2D eigenvalue weighted by molar-refractivity contribution is 0.0699. The molecule has 2 aromatic rings. The molecule has 0 unspecified atom stereocenters. The van der Waals surface area contributed by atoms with Crippen LogP contribution in [0.4, 0.5) is 0 Å². The van der Waals surface area contributed by atoms with Gasteiger partial charge < -0.3 is 9.84 Å². The molecule has 23 heavy (non-hydrogen) atoms. The van der Waals surface area contributed by atoms with Gasteiger partial charge in [0.1, 0.15) is 10.7 Å². The highest BCUT2D eigenvalue weighted by molar-refractivity contribution is 7.17. The van der Waals surface area contributed by atoms with E-state index in [4.69, 9.17) is 4.74 Å². The minimum atomic E-state index is -1.09. The van der Waals surface area contributed by atoms with Crippen molar-refractivity contribution in [3.05, 3.63) is 27.1 Å². The average Bonchev–Trinajstić information content (AvgIpc) is 2.95. The average molecular weight is 338 g/mol. The van der Waals surface area contributed by atoms with Crippen LogP contribution in [0.15, 0.2) is 10.2 Å². The van der Waals surface area contributed by atoms with Crippen LogP contribution < -0.4 is 5.56 Å². The van der Waals surface area contributed by atoms with Crippen molar-refractivity contribution in [1.82, 2.24) is 9.55 Å². The maximum atomic E-state index is 12.8. The third kappa shape index (κ3) is 3.97. The highest BCUT2D eigenvalue weighted by Gasteiger charge is 2.19. The zero-order valence-electron chi connectivity index (χ0n) is 13.5. The number of fused-ring (bicyclic) bond motifs is 1. The SMILES string of the molecule is CCCCCCn1c(CCOC)nc2scc(C(=O)O)c2c1=O.